The Hall–Kier alpha value is -1.74. The lowest BCUT2D eigenvalue weighted by molar-refractivity contribution is 0.601. The van der Waals surface area contributed by atoms with E-state index in [1.165, 1.54) is 18.2 Å². The van der Waals surface area contributed by atoms with Gasteiger partial charge in [0.25, 0.3) is 0 Å². The van der Waals surface area contributed by atoms with Gasteiger partial charge in [-0.15, -0.1) is 0 Å². The van der Waals surface area contributed by atoms with Gasteiger partial charge in [0.15, 0.2) is 0 Å². The number of aryl methyl sites for hydroxylation is 1. The molecule has 0 unspecified atom stereocenters. The van der Waals surface area contributed by atoms with Gasteiger partial charge in [-0.3, -0.25) is 0 Å². The number of halogens is 2. The fourth-order valence-corrected chi connectivity index (χ4v) is 1.96. The average Bonchev–Trinajstić information content (AvgIpc) is 2.30. The second kappa shape index (κ2) is 5.27. The van der Waals surface area contributed by atoms with Crippen molar-refractivity contribution < 1.29 is 8.78 Å². The molecule has 1 N–H and O–H groups in total. The predicted octanol–water partition coefficient (Wildman–Crippen LogP) is 3.66. The third-order valence-electron chi connectivity index (χ3n) is 2.80. The molecule has 1 nitrogen and oxygen atoms in total. The lowest BCUT2D eigenvalue weighted by atomic mass is 10.0. The summed E-state index contributed by atoms with van der Waals surface area (Å²) in [4.78, 5) is 0. The molecule has 94 valence electrons. The van der Waals surface area contributed by atoms with Gasteiger partial charge in [-0.25, -0.2) is 8.78 Å². The van der Waals surface area contributed by atoms with E-state index in [1.807, 2.05) is 19.1 Å². The van der Waals surface area contributed by atoms with Crippen molar-refractivity contribution in [2.24, 2.45) is 0 Å². The summed E-state index contributed by atoms with van der Waals surface area (Å²) in [6.07, 6.45) is 0. The maximum atomic E-state index is 13.8. The van der Waals surface area contributed by atoms with Crippen LogP contribution in [0, 0.1) is 18.6 Å². The van der Waals surface area contributed by atoms with Gasteiger partial charge in [-0.1, -0.05) is 18.2 Å². The van der Waals surface area contributed by atoms with Crippen LogP contribution in [0.1, 0.15) is 11.1 Å². The van der Waals surface area contributed by atoms with Crippen LogP contribution in [-0.2, 0) is 6.54 Å². The minimum atomic E-state index is -0.301. The Morgan fingerprint density at radius 1 is 1.00 bits per heavy atom. The van der Waals surface area contributed by atoms with E-state index in [1.54, 1.807) is 13.1 Å². The van der Waals surface area contributed by atoms with Crippen LogP contribution in [-0.4, -0.2) is 7.05 Å². The van der Waals surface area contributed by atoms with Crippen LogP contribution in [0.2, 0.25) is 0 Å². The van der Waals surface area contributed by atoms with Gasteiger partial charge in [-0.2, -0.15) is 0 Å². The fourth-order valence-electron chi connectivity index (χ4n) is 1.96. The number of hydrogen-bond acceptors (Lipinski definition) is 1. The number of nitrogens with one attached hydrogen (secondary N) is 1. The summed E-state index contributed by atoms with van der Waals surface area (Å²) in [6, 6.07) is 9.69. The van der Waals surface area contributed by atoms with E-state index in [4.69, 9.17) is 0 Å². The van der Waals surface area contributed by atoms with Gasteiger partial charge in [0, 0.05) is 12.1 Å². The van der Waals surface area contributed by atoms with Crippen molar-refractivity contribution in [3.05, 3.63) is 59.2 Å². The maximum absolute atomic E-state index is 13.8. The molecule has 0 aliphatic carbocycles. The highest BCUT2D eigenvalue weighted by atomic mass is 19.1. The molecule has 0 radical (unpaired) electrons. The van der Waals surface area contributed by atoms with Gasteiger partial charge in [0.1, 0.15) is 11.6 Å². The van der Waals surface area contributed by atoms with Crippen LogP contribution in [0.5, 0.6) is 0 Å². The van der Waals surface area contributed by atoms with Crippen LogP contribution < -0.4 is 5.32 Å². The van der Waals surface area contributed by atoms with Crippen molar-refractivity contribution in [2.45, 2.75) is 13.5 Å². The van der Waals surface area contributed by atoms with Crippen molar-refractivity contribution in [3.8, 4) is 11.1 Å². The van der Waals surface area contributed by atoms with Crippen LogP contribution in [0.15, 0.2) is 36.4 Å². The number of benzene rings is 2. The Kier molecular flexibility index (Phi) is 3.72. The zero-order chi connectivity index (χ0) is 13.1. The minimum Gasteiger partial charge on any atom is -0.316 e. The van der Waals surface area contributed by atoms with Crippen molar-refractivity contribution >= 4 is 0 Å². The fraction of sp³-hybridized carbons (Fsp3) is 0.200. The first kappa shape index (κ1) is 12.7. The molecule has 0 fully saturated rings. The molecule has 0 bridgehead atoms. The molecule has 0 aliphatic rings. The van der Waals surface area contributed by atoms with Gasteiger partial charge < -0.3 is 5.32 Å². The van der Waals surface area contributed by atoms with Crippen molar-refractivity contribution in [2.75, 3.05) is 7.05 Å². The maximum Gasteiger partial charge on any atom is 0.128 e. The predicted molar refractivity (Wildman–Crippen MR) is 69.3 cm³/mol. The third-order valence-corrected chi connectivity index (χ3v) is 2.80. The summed E-state index contributed by atoms with van der Waals surface area (Å²) in [6.45, 7) is 2.30. The molecule has 2 aromatic carbocycles. The van der Waals surface area contributed by atoms with E-state index < -0.39 is 0 Å². The average molecular weight is 247 g/mol. The highest BCUT2D eigenvalue weighted by Crippen LogP contribution is 2.24. The second-order valence-electron chi connectivity index (χ2n) is 4.35. The zero-order valence-electron chi connectivity index (χ0n) is 10.4. The first-order valence-corrected chi connectivity index (χ1v) is 5.81. The van der Waals surface area contributed by atoms with E-state index in [-0.39, 0.29) is 11.6 Å². The van der Waals surface area contributed by atoms with Crippen LogP contribution in [0.3, 0.4) is 0 Å². The van der Waals surface area contributed by atoms with Gasteiger partial charge >= 0.3 is 0 Å². The summed E-state index contributed by atoms with van der Waals surface area (Å²) < 4.78 is 27.1. The lowest BCUT2D eigenvalue weighted by Gasteiger charge is -2.07. The molecule has 0 atom stereocenters. The topological polar surface area (TPSA) is 12.0 Å². The molecular weight excluding hydrogens is 232 g/mol. The number of hydrogen-bond donors (Lipinski definition) is 1. The van der Waals surface area contributed by atoms with E-state index in [9.17, 15) is 8.78 Å². The highest BCUT2D eigenvalue weighted by Gasteiger charge is 2.06. The molecule has 0 saturated carbocycles. The van der Waals surface area contributed by atoms with E-state index in [0.29, 0.717) is 23.2 Å². The molecule has 0 heterocycles. The van der Waals surface area contributed by atoms with Gasteiger partial charge in [-0.05, 0) is 48.9 Å². The smallest absolute Gasteiger partial charge is 0.128 e. The second-order valence-corrected chi connectivity index (χ2v) is 4.35. The normalized spacial score (nSPS) is 10.7. The molecule has 0 saturated heterocycles. The summed E-state index contributed by atoms with van der Waals surface area (Å²) in [5.41, 5.74) is 2.82. The molecule has 0 spiro atoms. The van der Waals surface area contributed by atoms with E-state index in [2.05, 4.69) is 5.32 Å². The van der Waals surface area contributed by atoms with Crippen LogP contribution >= 0.6 is 0 Å². The zero-order valence-corrected chi connectivity index (χ0v) is 10.4. The molecule has 0 amide bonds. The first-order chi connectivity index (χ1) is 8.60. The van der Waals surface area contributed by atoms with Crippen molar-refractivity contribution in [3.63, 3.8) is 0 Å². The minimum absolute atomic E-state index is 0.274. The Morgan fingerprint density at radius 2 is 1.78 bits per heavy atom. The monoisotopic (exact) mass is 247 g/mol. The summed E-state index contributed by atoms with van der Waals surface area (Å²) in [5.74, 6) is -0.575. The highest BCUT2D eigenvalue weighted by molar-refractivity contribution is 5.64. The number of rotatable bonds is 3. The summed E-state index contributed by atoms with van der Waals surface area (Å²) in [7, 11) is 1.77. The quantitative estimate of drug-likeness (QED) is 0.872. The third kappa shape index (κ3) is 2.74. The van der Waals surface area contributed by atoms with E-state index in [0.717, 1.165) is 5.56 Å². The Labute approximate surface area is 105 Å². The van der Waals surface area contributed by atoms with E-state index >= 15 is 0 Å². The van der Waals surface area contributed by atoms with Crippen LogP contribution in [0.25, 0.3) is 11.1 Å². The van der Waals surface area contributed by atoms with Crippen LogP contribution in [0.4, 0.5) is 8.78 Å². The van der Waals surface area contributed by atoms with Crippen molar-refractivity contribution in [1.29, 1.82) is 0 Å². The standard InChI is InChI=1S/C15H15F2N/c1-10-5-13(7-14(16)6-10)11-3-4-12(9-18-2)15(17)8-11/h3-8,18H,9H2,1-2H3. The SMILES string of the molecule is CNCc1ccc(-c2cc(C)cc(F)c2)cc1F. The van der Waals surface area contributed by atoms with Crippen molar-refractivity contribution in [1.82, 2.24) is 5.32 Å². The summed E-state index contributed by atoms with van der Waals surface area (Å²) in [5, 5.41) is 2.90. The first-order valence-electron chi connectivity index (χ1n) is 5.81. The Morgan fingerprint density at radius 3 is 2.39 bits per heavy atom. The summed E-state index contributed by atoms with van der Waals surface area (Å²) >= 11 is 0. The Balaban J connectivity index is 2.42. The Bertz CT molecular complexity index is 544. The largest absolute Gasteiger partial charge is 0.316 e. The molecule has 2 rings (SSSR count). The molecular formula is C15H15F2N. The van der Waals surface area contributed by atoms with Gasteiger partial charge in [0.2, 0.25) is 0 Å². The molecule has 2 aromatic rings. The molecule has 0 aromatic heterocycles. The lowest BCUT2D eigenvalue weighted by Crippen LogP contribution is -2.06. The van der Waals surface area contributed by atoms with Gasteiger partial charge in [0.05, 0.1) is 0 Å². The molecule has 18 heavy (non-hydrogen) atoms. The molecule has 0 aliphatic heterocycles. The molecule has 3 heteroatoms.